The van der Waals surface area contributed by atoms with Crippen molar-refractivity contribution in [2.24, 2.45) is 5.92 Å². The second-order valence-corrected chi connectivity index (χ2v) is 8.14. The molecule has 0 aromatic heterocycles. The van der Waals surface area contributed by atoms with Crippen LogP contribution in [0.15, 0.2) is 18.2 Å². The highest BCUT2D eigenvalue weighted by Crippen LogP contribution is 2.21. The van der Waals surface area contributed by atoms with E-state index in [1.807, 2.05) is 0 Å². The van der Waals surface area contributed by atoms with Crippen molar-refractivity contribution in [3.63, 3.8) is 0 Å². The van der Waals surface area contributed by atoms with Crippen molar-refractivity contribution >= 4 is 15.9 Å². The summed E-state index contributed by atoms with van der Waals surface area (Å²) in [4.78, 5) is 13.5. The summed E-state index contributed by atoms with van der Waals surface area (Å²) in [6.45, 7) is 1.99. The molecule has 8 heteroatoms. The molecule has 1 aromatic carbocycles. The number of urea groups is 1. The molecule has 23 heavy (non-hydrogen) atoms. The van der Waals surface area contributed by atoms with Gasteiger partial charge in [0.15, 0.2) is 21.5 Å². The van der Waals surface area contributed by atoms with Gasteiger partial charge in [0.05, 0.1) is 17.5 Å². The van der Waals surface area contributed by atoms with Crippen LogP contribution in [0.4, 0.5) is 13.6 Å². The number of hydrogen-bond acceptors (Lipinski definition) is 3. The Labute approximate surface area is 134 Å². The van der Waals surface area contributed by atoms with Crippen LogP contribution < -0.4 is 5.32 Å². The van der Waals surface area contributed by atoms with Crippen molar-refractivity contribution in [2.45, 2.75) is 19.4 Å². The van der Waals surface area contributed by atoms with Crippen LogP contribution in [0.2, 0.25) is 0 Å². The van der Waals surface area contributed by atoms with Gasteiger partial charge in [0.2, 0.25) is 0 Å². The van der Waals surface area contributed by atoms with Gasteiger partial charge in [0, 0.05) is 13.6 Å². The highest BCUT2D eigenvalue weighted by atomic mass is 32.2. The first kappa shape index (κ1) is 17.7. The number of hydrogen-bond donors (Lipinski definition) is 1. The fraction of sp³-hybridized carbons (Fsp3) is 0.533. The van der Waals surface area contributed by atoms with Crippen molar-refractivity contribution in [3.8, 4) is 0 Å². The smallest absolute Gasteiger partial charge is 0.317 e. The van der Waals surface area contributed by atoms with E-state index in [0.29, 0.717) is 12.0 Å². The molecule has 1 N–H and O–H groups in total. The number of rotatable bonds is 4. The predicted molar refractivity (Wildman–Crippen MR) is 82.7 cm³/mol. The van der Waals surface area contributed by atoms with Crippen molar-refractivity contribution in [3.05, 3.63) is 35.4 Å². The van der Waals surface area contributed by atoms with Crippen LogP contribution in [0.25, 0.3) is 0 Å². The standard InChI is InChI=1S/C15H20F2N2O3S/c1-10(12-3-4-13(16)14(17)7-12)19(2)15(20)18-8-11-5-6-23(21,22)9-11/h3-4,7,10-11H,5-6,8-9H2,1-2H3,(H,18,20)/t10-,11-/m0/s1. The van der Waals surface area contributed by atoms with Crippen molar-refractivity contribution in [1.82, 2.24) is 10.2 Å². The molecule has 2 rings (SSSR count). The summed E-state index contributed by atoms with van der Waals surface area (Å²) in [5.41, 5.74) is 0.477. The average molecular weight is 346 g/mol. The van der Waals surface area contributed by atoms with Gasteiger partial charge in [-0.15, -0.1) is 0 Å². The van der Waals surface area contributed by atoms with E-state index >= 15 is 0 Å². The molecule has 1 heterocycles. The van der Waals surface area contributed by atoms with Crippen LogP contribution in [0, 0.1) is 17.6 Å². The monoisotopic (exact) mass is 346 g/mol. The van der Waals surface area contributed by atoms with Gasteiger partial charge in [-0.1, -0.05) is 6.07 Å². The molecule has 0 spiro atoms. The van der Waals surface area contributed by atoms with Crippen LogP contribution in [0.5, 0.6) is 0 Å². The Bertz CT molecular complexity index is 694. The van der Waals surface area contributed by atoms with Crippen LogP contribution in [0.1, 0.15) is 24.9 Å². The quantitative estimate of drug-likeness (QED) is 0.908. The lowest BCUT2D eigenvalue weighted by Crippen LogP contribution is -2.41. The van der Waals surface area contributed by atoms with E-state index in [0.717, 1.165) is 12.1 Å². The fourth-order valence-electron chi connectivity index (χ4n) is 2.56. The van der Waals surface area contributed by atoms with Gasteiger partial charge in [-0.2, -0.15) is 0 Å². The van der Waals surface area contributed by atoms with E-state index in [4.69, 9.17) is 0 Å². The number of halogens is 2. The Balaban J connectivity index is 1.92. The molecule has 2 atom stereocenters. The van der Waals surface area contributed by atoms with Gasteiger partial charge in [0.1, 0.15) is 0 Å². The summed E-state index contributed by atoms with van der Waals surface area (Å²) in [6.07, 6.45) is 0.547. The zero-order chi connectivity index (χ0) is 17.2. The predicted octanol–water partition coefficient (Wildman–Crippen LogP) is 2.10. The van der Waals surface area contributed by atoms with E-state index in [9.17, 15) is 22.0 Å². The van der Waals surface area contributed by atoms with Gasteiger partial charge < -0.3 is 10.2 Å². The maximum absolute atomic E-state index is 13.3. The third-order valence-electron chi connectivity index (χ3n) is 4.20. The van der Waals surface area contributed by atoms with Gasteiger partial charge in [-0.05, 0) is 37.0 Å². The fourth-order valence-corrected chi connectivity index (χ4v) is 4.42. The lowest BCUT2D eigenvalue weighted by atomic mass is 10.1. The summed E-state index contributed by atoms with van der Waals surface area (Å²) in [7, 11) is -1.43. The number of benzene rings is 1. The summed E-state index contributed by atoms with van der Waals surface area (Å²) >= 11 is 0. The topological polar surface area (TPSA) is 66.5 Å². The number of amides is 2. The first-order valence-corrected chi connectivity index (χ1v) is 9.18. The van der Waals surface area contributed by atoms with E-state index < -0.39 is 27.5 Å². The van der Waals surface area contributed by atoms with E-state index in [1.165, 1.54) is 11.0 Å². The van der Waals surface area contributed by atoms with Crippen molar-refractivity contribution < 1.29 is 22.0 Å². The first-order valence-electron chi connectivity index (χ1n) is 7.35. The van der Waals surface area contributed by atoms with Crippen molar-refractivity contribution in [1.29, 1.82) is 0 Å². The normalized spacial score (nSPS) is 21.0. The minimum Gasteiger partial charge on any atom is -0.338 e. The van der Waals surface area contributed by atoms with Gasteiger partial charge >= 0.3 is 6.03 Å². The zero-order valence-corrected chi connectivity index (χ0v) is 13.9. The molecule has 128 valence electrons. The zero-order valence-electron chi connectivity index (χ0n) is 13.1. The van der Waals surface area contributed by atoms with Crippen LogP contribution in [0.3, 0.4) is 0 Å². The Kier molecular flexibility index (Phi) is 5.23. The molecule has 0 radical (unpaired) electrons. The molecule has 5 nitrogen and oxygen atoms in total. The second kappa shape index (κ2) is 6.82. The molecule has 0 saturated carbocycles. The lowest BCUT2D eigenvalue weighted by molar-refractivity contribution is 0.193. The summed E-state index contributed by atoms with van der Waals surface area (Å²) in [5.74, 6) is -1.71. The molecule has 0 bridgehead atoms. The van der Waals surface area contributed by atoms with Crippen LogP contribution in [-0.2, 0) is 9.84 Å². The first-order chi connectivity index (χ1) is 10.7. The number of sulfone groups is 1. The van der Waals surface area contributed by atoms with E-state index in [-0.39, 0.29) is 30.0 Å². The average Bonchev–Trinajstić information content (AvgIpc) is 2.85. The molecule has 1 aliphatic rings. The minimum atomic E-state index is -2.97. The van der Waals surface area contributed by atoms with Crippen LogP contribution >= 0.6 is 0 Å². The Morgan fingerprint density at radius 1 is 1.39 bits per heavy atom. The summed E-state index contributed by atoms with van der Waals surface area (Å²) in [5, 5.41) is 2.69. The lowest BCUT2D eigenvalue weighted by Gasteiger charge is -2.26. The van der Waals surface area contributed by atoms with Gasteiger partial charge in [-0.3, -0.25) is 0 Å². The molecule has 1 fully saturated rings. The third kappa shape index (κ3) is 4.40. The summed E-state index contributed by atoms with van der Waals surface area (Å²) in [6, 6.07) is 2.68. The number of carbonyl (C=O) groups is 1. The molecule has 0 unspecified atom stereocenters. The Morgan fingerprint density at radius 2 is 2.09 bits per heavy atom. The second-order valence-electron chi connectivity index (χ2n) is 5.92. The molecular weight excluding hydrogens is 326 g/mol. The molecule has 1 aliphatic heterocycles. The highest BCUT2D eigenvalue weighted by molar-refractivity contribution is 7.91. The third-order valence-corrected chi connectivity index (χ3v) is 6.03. The van der Waals surface area contributed by atoms with E-state index in [2.05, 4.69) is 5.32 Å². The summed E-state index contributed by atoms with van der Waals surface area (Å²) < 4.78 is 49.0. The van der Waals surface area contributed by atoms with Gasteiger partial charge in [0.25, 0.3) is 0 Å². The maximum atomic E-state index is 13.3. The Hall–Kier alpha value is -1.70. The number of nitrogens with zero attached hydrogens (tertiary/aromatic N) is 1. The van der Waals surface area contributed by atoms with Crippen molar-refractivity contribution in [2.75, 3.05) is 25.1 Å². The molecule has 1 saturated heterocycles. The van der Waals surface area contributed by atoms with Gasteiger partial charge in [-0.25, -0.2) is 22.0 Å². The molecule has 0 aliphatic carbocycles. The number of nitrogens with one attached hydrogen (secondary N) is 1. The molecular formula is C15H20F2N2O3S. The maximum Gasteiger partial charge on any atom is 0.317 e. The van der Waals surface area contributed by atoms with E-state index in [1.54, 1.807) is 14.0 Å². The highest BCUT2D eigenvalue weighted by Gasteiger charge is 2.28. The van der Waals surface area contributed by atoms with Crippen LogP contribution in [-0.4, -0.2) is 44.4 Å². The minimum absolute atomic E-state index is 0.0732. The largest absolute Gasteiger partial charge is 0.338 e. The Morgan fingerprint density at radius 3 is 2.65 bits per heavy atom. The molecule has 2 amide bonds. The molecule has 1 aromatic rings. The number of carbonyl (C=O) groups excluding carboxylic acids is 1. The SMILES string of the molecule is C[C@@H](c1ccc(F)c(F)c1)N(C)C(=O)NC[C@@H]1CCS(=O)(=O)C1.